The van der Waals surface area contributed by atoms with Crippen molar-refractivity contribution in [2.75, 3.05) is 39.3 Å². The van der Waals surface area contributed by atoms with Crippen molar-refractivity contribution >= 4 is 35.7 Å². The van der Waals surface area contributed by atoms with Crippen LogP contribution in [-0.2, 0) is 13.6 Å². The minimum atomic E-state index is 0. The molecule has 26 heavy (non-hydrogen) atoms. The van der Waals surface area contributed by atoms with Crippen molar-refractivity contribution in [3.05, 3.63) is 46.2 Å². The van der Waals surface area contributed by atoms with Gasteiger partial charge in [0.15, 0.2) is 0 Å². The molecular formula is C19H28Cl2N4O. The smallest absolute Gasteiger partial charge is 0.255 e. The van der Waals surface area contributed by atoms with Crippen molar-refractivity contribution < 1.29 is 0 Å². The highest BCUT2D eigenvalue weighted by atomic mass is 35.5. The SMILES string of the molecule is Cl.Cl.Cn1c(=O)c(CN2CCN(C3CCNC3)CC2)cc2ccccc21. The number of fused-ring (bicyclic) bond motifs is 1. The zero-order valence-electron chi connectivity index (χ0n) is 15.2. The number of aromatic nitrogens is 1. The minimum absolute atomic E-state index is 0. The van der Waals surface area contributed by atoms with Crippen molar-refractivity contribution in [2.24, 2.45) is 7.05 Å². The Morgan fingerprint density at radius 1 is 1.12 bits per heavy atom. The van der Waals surface area contributed by atoms with Gasteiger partial charge >= 0.3 is 0 Å². The lowest BCUT2D eigenvalue weighted by atomic mass is 10.1. The van der Waals surface area contributed by atoms with Gasteiger partial charge in [-0.05, 0) is 30.5 Å². The minimum Gasteiger partial charge on any atom is -0.315 e. The Balaban J connectivity index is 0.00000121. The molecule has 144 valence electrons. The van der Waals surface area contributed by atoms with Crippen molar-refractivity contribution in [1.82, 2.24) is 19.7 Å². The van der Waals surface area contributed by atoms with E-state index in [0.29, 0.717) is 6.04 Å². The highest BCUT2D eigenvalue weighted by molar-refractivity contribution is 5.85. The molecule has 1 atom stereocenters. The quantitative estimate of drug-likeness (QED) is 0.856. The average Bonchev–Trinajstić information content (AvgIpc) is 3.15. The summed E-state index contributed by atoms with van der Waals surface area (Å²) < 4.78 is 1.78. The van der Waals surface area contributed by atoms with Crippen molar-refractivity contribution in [1.29, 1.82) is 0 Å². The third-order valence-electron chi connectivity index (χ3n) is 5.56. The molecule has 5 nitrogen and oxygen atoms in total. The summed E-state index contributed by atoms with van der Waals surface area (Å²) in [6.07, 6.45) is 1.27. The fourth-order valence-electron chi connectivity index (χ4n) is 4.08. The summed E-state index contributed by atoms with van der Waals surface area (Å²) >= 11 is 0. The van der Waals surface area contributed by atoms with Crippen LogP contribution in [0.1, 0.15) is 12.0 Å². The number of nitrogens with zero attached hydrogens (tertiary/aromatic N) is 3. The van der Waals surface area contributed by atoms with E-state index in [1.54, 1.807) is 4.57 Å². The number of pyridine rings is 1. The van der Waals surface area contributed by atoms with Crippen LogP contribution < -0.4 is 10.9 Å². The molecule has 1 aromatic heterocycles. The van der Waals surface area contributed by atoms with Crippen LogP contribution in [0.3, 0.4) is 0 Å². The number of piperazine rings is 1. The summed E-state index contributed by atoms with van der Waals surface area (Å²) in [6, 6.07) is 10.9. The van der Waals surface area contributed by atoms with E-state index < -0.39 is 0 Å². The van der Waals surface area contributed by atoms with Gasteiger partial charge in [0.2, 0.25) is 0 Å². The average molecular weight is 399 g/mol. The van der Waals surface area contributed by atoms with Crippen LogP contribution in [0.15, 0.2) is 35.1 Å². The molecule has 1 unspecified atom stereocenters. The van der Waals surface area contributed by atoms with Crippen LogP contribution in [0.5, 0.6) is 0 Å². The van der Waals surface area contributed by atoms with Crippen molar-refractivity contribution in [2.45, 2.75) is 19.0 Å². The Hall–Kier alpha value is -1.11. The van der Waals surface area contributed by atoms with E-state index in [-0.39, 0.29) is 30.4 Å². The van der Waals surface area contributed by atoms with Gasteiger partial charge in [-0.25, -0.2) is 0 Å². The highest BCUT2D eigenvalue weighted by Crippen LogP contribution is 2.16. The lowest BCUT2D eigenvalue weighted by Gasteiger charge is -2.37. The number of hydrogen-bond donors (Lipinski definition) is 1. The third-order valence-corrected chi connectivity index (χ3v) is 5.56. The molecule has 0 aliphatic carbocycles. The van der Waals surface area contributed by atoms with E-state index in [4.69, 9.17) is 0 Å². The van der Waals surface area contributed by atoms with Crippen LogP contribution >= 0.6 is 24.8 Å². The first-order chi connectivity index (χ1) is 11.7. The van der Waals surface area contributed by atoms with Gasteiger partial charge in [0.05, 0.1) is 5.52 Å². The van der Waals surface area contributed by atoms with Gasteiger partial charge in [-0.15, -0.1) is 24.8 Å². The van der Waals surface area contributed by atoms with Crippen LogP contribution in [-0.4, -0.2) is 59.7 Å². The molecule has 0 bridgehead atoms. The maximum Gasteiger partial charge on any atom is 0.255 e. The molecule has 2 aliphatic rings. The Labute approximate surface area is 167 Å². The maximum atomic E-state index is 12.6. The Morgan fingerprint density at radius 2 is 1.85 bits per heavy atom. The topological polar surface area (TPSA) is 40.5 Å². The second-order valence-electron chi connectivity index (χ2n) is 7.05. The van der Waals surface area contributed by atoms with Gasteiger partial charge < -0.3 is 9.88 Å². The van der Waals surface area contributed by atoms with Crippen LogP contribution in [0.4, 0.5) is 0 Å². The van der Waals surface area contributed by atoms with Gasteiger partial charge in [0.25, 0.3) is 5.56 Å². The first-order valence-corrected chi connectivity index (χ1v) is 8.97. The first kappa shape index (κ1) is 21.2. The van der Waals surface area contributed by atoms with E-state index in [1.807, 2.05) is 25.2 Å². The van der Waals surface area contributed by atoms with E-state index >= 15 is 0 Å². The zero-order chi connectivity index (χ0) is 16.5. The van der Waals surface area contributed by atoms with Gasteiger partial charge in [-0.2, -0.15) is 0 Å². The summed E-state index contributed by atoms with van der Waals surface area (Å²) in [5, 5.41) is 4.60. The molecule has 7 heteroatoms. The van der Waals surface area contributed by atoms with Crippen LogP contribution in [0.25, 0.3) is 10.9 Å². The second-order valence-corrected chi connectivity index (χ2v) is 7.05. The maximum absolute atomic E-state index is 12.6. The Kier molecular flexibility index (Phi) is 7.50. The van der Waals surface area contributed by atoms with Gasteiger partial charge in [0, 0.05) is 57.9 Å². The highest BCUT2D eigenvalue weighted by Gasteiger charge is 2.26. The number of para-hydroxylation sites is 1. The van der Waals surface area contributed by atoms with Crippen LogP contribution in [0, 0.1) is 0 Å². The lowest BCUT2D eigenvalue weighted by molar-refractivity contribution is 0.0978. The molecule has 0 saturated carbocycles. The molecule has 1 aromatic carbocycles. The standard InChI is InChI=1S/C19H26N4O.2ClH/c1-21-18-5-3-2-4-15(18)12-16(19(21)24)14-22-8-10-23(11-9-22)17-6-7-20-13-17;;/h2-5,12,17,20H,6-11,13-14H2,1H3;2*1H. The Morgan fingerprint density at radius 3 is 2.54 bits per heavy atom. The van der Waals surface area contributed by atoms with Crippen LogP contribution in [0.2, 0.25) is 0 Å². The molecule has 0 spiro atoms. The van der Waals surface area contributed by atoms with Gasteiger partial charge in [-0.3, -0.25) is 14.6 Å². The predicted molar refractivity (Wildman–Crippen MR) is 112 cm³/mol. The molecule has 2 aliphatic heterocycles. The largest absolute Gasteiger partial charge is 0.315 e. The zero-order valence-corrected chi connectivity index (χ0v) is 16.8. The van der Waals surface area contributed by atoms with E-state index in [1.165, 1.54) is 6.42 Å². The summed E-state index contributed by atoms with van der Waals surface area (Å²) in [5.74, 6) is 0. The van der Waals surface area contributed by atoms with E-state index in [9.17, 15) is 4.79 Å². The molecule has 3 heterocycles. The number of nitrogens with one attached hydrogen (secondary N) is 1. The summed E-state index contributed by atoms with van der Waals surface area (Å²) in [4.78, 5) is 17.7. The van der Waals surface area contributed by atoms with Gasteiger partial charge in [0.1, 0.15) is 0 Å². The fourth-order valence-corrected chi connectivity index (χ4v) is 4.08. The summed E-state index contributed by atoms with van der Waals surface area (Å²) in [5.41, 5.74) is 2.05. The third kappa shape index (κ3) is 4.24. The number of benzene rings is 1. The van der Waals surface area contributed by atoms with E-state index in [2.05, 4.69) is 27.2 Å². The molecule has 2 fully saturated rings. The number of halogens is 2. The number of hydrogen-bond acceptors (Lipinski definition) is 4. The first-order valence-electron chi connectivity index (χ1n) is 8.97. The second kappa shape index (κ2) is 9.20. The fraction of sp³-hybridized carbons (Fsp3) is 0.526. The molecule has 1 N–H and O–H groups in total. The lowest BCUT2D eigenvalue weighted by Crippen LogP contribution is -2.50. The normalized spacial score (nSPS) is 21.3. The summed E-state index contributed by atoms with van der Waals surface area (Å²) in [6.45, 7) is 7.36. The number of aryl methyl sites for hydroxylation is 1. The van der Waals surface area contributed by atoms with Gasteiger partial charge in [-0.1, -0.05) is 18.2 Å². The molecule has 4 rings (SSSR count). The van der Waals surface area contributed by atoms with Crippen molar-refractivity contribution in [3.63, 3.8) is 0 Å². The monoisotopic (exact) mass is 398 g/mol. The van der Waals surface area contributed by atoms with E-state index in [0.717, 1.165) is 62.3 Å². The molecule has 2 aromatic rings. The van der Waals surface area contributed by atoms with Crippen molar-refractivity contribution in [3.8, 4) is 0 Å². The Bertz CT molecular complexity index is 781. The predicted octanol–water partition coefficient (Wildman–Crippen LogP) is 1.86. The number of rotatable bonds is 3. The summed E-state index contributed by atoms with van der Waals surface area (Å²) in [7, 11) is 1.87. The molecule has 2 saturated heterocycles. The molecule has 0 radical (unpaired) electrons. The molecular weight excluding hydrogens is 371 g/mol. The molecule has 0 amide bonds.